The van der Waals surface area contributed by atoms with Crippen LogP contribution in [0.1, 0.15) is 31.5 Å². The highest BCUT2D eigenvalue weighted by molar-refractivity contribution is 5.45. The van der Waals surface area contributed by atoms with Crippen molar-refractivity contribution in [3.63, 3.8) is 0 Å². The number of rotatable bonds is 3. The molecule has 2 N–H and O–H groups in total. The molecule has 1 unspecified atom stereocenters. The maximum atomic E-state index is 5.91. The van der Waals surface area contributed by atoms with Gasteiger partial charge in [0.1, 0.15) is 5.76 Å². The second kappa shape index (κ2) is 4.05. The molecule has 0 amide bonds. The summed E-state index contributed by atoms with van der Waals surface area (Å²) in [7, 11) is 0. The molecule has 0 aliphatic carbocycles. The van der Waals surface area contributed by atoms with Crippen LogP contribution in [0.2, 0.25) is 0 Å². The van der Waals surface area contributed by atoms with E-state index in [4.69, 9.17) is 14.8 Å². The summed E-state index contributed by atoms with van der Waals surface area (Å²) in [4.78, 5) is 4.19. The molecule has 0 saturated carbocycles. The average Bonchev–Trinajstić information content (AvgIpc) is 2.84. The van der Waals surface area contributed by atoms with Crippen LogP contribution in [0.5, 0.6) is 0 Å². The second-order valence-electron chi connectivity index (χ2n) is 4.05. The fourth-order valence-corrected chi connectivity index (χ4v) is 1.24. The fraction of sp³-hybridized carbons (Fsp3) is 0.500. The smallest absolute Gasteiger partial charge is 0.280 e. The minimum atomic E-state index is -0.231. The van der Waals surface area contributed by atoms with Gasteiger partial charge in [0.15, 0.2) is 11.5 Å². The lowest BCUT2D eigenvalue weighted by Crippen LogP contribution is -2.18. The minimum absolute atomic E-state index is 0.231. The summed E-state index contributed by atoms with van der Waals surface area (Å²) in [6.45, 7) is 5.80. The average molecular weight is 222 g/mol. The van der Waals surface area contributed by atoms with Crippen molar-refractivity contribution >= 4 is 0 Å². The van der Waals surface area contributed by atoms with Gasteiger partial charge in [-0.05, 0) is 12.8 Å². The Morgan fingerprint density at radius 3 is 2.56 bits per heavy atom. The molecule has 0 bridgehead atoms. The first kappa shape index (κ1) is 10.8. The molecule has 0 saturated heterocycles. The number of nitrogens with two attached hydrogens (primary N) is 1. The topological polar surface area (TPSA) is 91.0 Å². The summed E-state index contributed by atoms with van der Waals surface area (Å²) in [6, 6.07) is 1.50. The zero-order valence-corrected chi connectivity index (χ0v) is 9.47. The SMILES string of the molecule is Cc1cc(-c2nc(C(N)C(C)C)no2)no1. The monoisotopic (exact) mass is 222 g/mol. The lowest BCUT2D eigenvalue weighted by molar-refractivity contribution is 0.383. The van der Waals surface area contributed by atoms with Crippen molar-refractivity contribution in [3.05, 3.63) is 17.7 Å². The summed E-state index contributed by atoms with van der Waals surface area (Å²) >= 11 is 0. The van der Waals surface area contributed by atoms with Crippen LogP contribution in [0.4, 0.5) is 0 Å². The largest absolute Gasteiger partial charge is 0.361 e. The van der Waals surface area contributed by atoms with E-state index >= 15 is 0 Å². The molecule has 0 aliphatic heterocycles. The molecule has 6 heteroatoms. The van der Waals surface area contributed by atoms with E-state index in [2.05, 4.69) is 15.3 Å². The van der Waals surface area contributed by atoms with Gasteiger partial charge in [0.05, 0.1) is 6.04 Å². The molecule has 86 valence electrons. The summed E-state index contributed by atoms with van der Waals surface area (Å²) in [5, 5.41) is 7.62. The van der Waals surface area contributed by atoms with Crippen molar-refractivity contribution in [2.45, 2.75) is 26.8 Å². The van der Waals surface area contributed by atoms with E-state index in [9.17, 15) is 0 Å². The molecule has 2 aromatic rings. The van der Waals surface area contributed by atoms with Crippen LogP contribution in [0.3, 0.4) is 0 Å². The zero-order chi connectivity index (χ0) is 11.7. The lowest BCUT2D eigenvalue weighted by atomic mass is 10.1. The van der Waals surface area contributed by atoms with Crippen LogP contribution >= 0.6 is 0 Å². The molecule has 2 heterocycles. The third kappa shape index (κ3) is 1.96. The van der Waals surface area contributed by atoms with Crippen molar-refractivity contribution in [2.24, 2.45) is 11.7 Å². The van der Waals surface area contributed by atoms with Gasteiger partial charge in [-0.25, -0.2) is 0 Å². The Bertz CT molecular complexity index is 475. The van der Waals surface area contributed by atoms with Crippen LogP contribution < -0.4 is 5.73 Å². The van der Waals surface area contributed by atoms with E-state index < -0.39 is 0 Å². The molecule has 2 aromatic heterocycles. The molecule has 1 atom stereocenters. The third-order valence-corrected chi connectivity index (χ3v) is 2.31. The molecule has 0 aromatic carbocycles. The van der Waals surface area contributed by atoms with Crippen LogP contribution in [0, 0.1) is 12.8 Å². The molecule has 0 spiro atoms. The van der Waals surface area contributed by atoms with E-state index in [1.807, 2.05) is 13.8 Å². The Labute approximate surface area is 92.8 Å². The van der Waals surface area contributed by atoms with Gasteiger partial charge in [-0.3, -0.25) is 0 Å². The molecular formula is C10H14N4O2. The Kier molecular flexibility index (Phi) is 2.74. The van der Waals surface area contributed by atoms with Gasteiger partial charge in [-0.15, -0.1) is 0 Å². The zero-order valence-electron chi connectivity index (χ0n) is 9.47. The van der Waals surface area contributed by atoms with E-state index in [1.54, 1.807) is 13.0 Å². The summed E-state index contributed by atoms with van der Waals surface area (Å²) in [5.41, 5.74) is 6.44. The van der Waals surface area contributed by atoms with Crippen molar-refractivity contribution < 1.29 is 9.05 Å². The number of hydrogen-bond acceptors (Lipinski definition) is 6. The van der Waals surface area contributed by atoms with Crippen LogP contribution in [-0.2, 0) is 0 Å². The maximum absolute atomic E-state index is 5.91. The molecular weight excluding hydrogens is 208 g/mol. The van der Waals surface area contributed by atoms with Gasteiger partial charge < -0.3 is 14.8 Å². The van der Waals surface area contributed by atoms with Crippen molar-refractivity contribution in [3.8, 4) is 11.6 Å². The van der Waals surface area contributed by atoms with Gasteiger partial charge in [-0.2, -0.15) is 4.98 Å². The second-order valence-corrected chi connectivity index (χ2v) is 4.05. The van der Waals surface area contributed by atoms with Gasteiger partial charge in [0.2, 0.25) is 0 Å². The first-order chi connectivity index (χ1) is 7.58. The quantitative estimate of drug-likeness (QED) is 0.849. The van der Waals surface area contributed by atoms with Crippen molar-refractivity contribution in [2.75, 3.05) is 0 Å². The number of hydrogen-bond donors (Lipinski definition) is 1. The normalized spacial score (nSPS) is 13.3. The summed E-state index contributed by atoms with van der Waals surface area (Å²) in [5.74, 6) is 1.78. The van der Waals surface area contributed by atoms with Gasteiger partial charge in [0, 0.05) is 6.07 Å². The molecule has 6 nitrogen and oxygen atoms in total. The summed E-state index contributed by atoms with van der Waals surface area (Å²) < 4.78 is 10.00. The van der Waals surface area contributed by atoms with Crippen molar-refractivity contribution in [1.82, 2.24) is 15.3 Å². The highest BCUT2D eigenvalue weighted by atomic mass is 16.5. The van der Waals surface area contributed by atoms with Gasteiger partial charge in [-0.1, -0.05) is 24.2 Å². The number of nitrogens with zero attached hydrogens (tertiary/aromatic N) is 3. The molecule has 0 radical (unpaired) electrons. The predicted octanol–water partition coefficient (Wildman–Crippen LogP) is 1.69. The predicted molar refractivity (Wildman–Crippen MR) is 56.3 cm³/mol. The Morgan fingerprint density at radius 1 is 1.25 bits per heavy atom. The van der Waals surface area contributed by atoms with Crippen LogP contribution in [0.15, 0.2) is 15.1 Å². The Morgan fingerprint density at radius 2 is 2.00 bits per heavy atom. The third-order valence-electron chi connectivity index (χ3n) is 2.31. The summed E-state index contributed by atoms with van der Waals surface area (Å²) in [6.07, 6.45) is 0. The van der Waals surface area contributed by atoms with E-state index in [0.29, 0.717) is 23.2 Å². The molecule has 0 fully saturated rings. The van der Waals surface area contributed by atoms with Crippen LogP contribution in [0.25, 0.3) is 11.6 Å². The maximum Gasteiger partial charge on any atom is 0.280 e. The Hall–Kier alpha value is -1.69. The fourth-order valence-electron chi connectivity index (χ4n) is 1.24. The van der Waals surface area contributed by atoms with E-state index in [0.717, 1.165) is 0 Å². The van der Waals surface area contributed by atoms with Gasteiger partial charge in [0.25, 0.3) is 5.89 Å². The van der Waals surface area contributed by atoms with E-state index in [1.165, 1.54) is 0 Å². The van der Waals surface area contributed by atoms with Crippen LogP contribution in [-0.4, -0.2) is 15.3 Å². The molecule has 0 aliphatic rings. The number of aryl methyl sites for hydroxylation is 1. The number of aromatic nitrogens is 3. The van der Waals surface area contributed by atoms with E-state index in [-0.39, 0.29) is 12.0 Å². The first-order valence-electron chi connectivity index (χ1n) is 5.11. The van der Waals surface area contributed by atoms with Gasteiger partial charge >= 0.3 is 0 Å². The Balaban J connectivity index is 2.26. The standard InChI is InChI=1S/C10H14N4O2/c1-5(2)8(11)9-12-10(16-14-9)7-4-6(3)15-13-7/h4-5,8H,11H2,1-3H3. The van der Waals surface area contributed by atoms with Crippen molar-refractivity contribution in [1.29, 1.82) is 0 Å². The highest BCUT2D eigenvalue weighted by Crippen LogP contribution is 2.21. The highest BCUT2D eigenvalue weighted by Gasteiger charge is 2.19. The molecule has 2 rings (SSSR count). The minimum Gasteiger partial charge on any atom is -0.361 e. The molecule has 16 heavy (non-hydrogen) atoms. The first-order valence-corrected chi connectivity index (χ1v) is 5.11. The lowest BCUT2D eigenvalue weighted by Gasteiger charge is -2.09.